The summed E-state index contributed by atoms with van der Waals surface area (Å²) in [6, 6.07) is 19.8. The molecule has 0 unspecified atom stereocenters. The van der Waals surface area contributed by atoms with E-state index in [2.05, 4.69) is 21.4 Å². The molecule has 0 aliphatic carbocycles. The van der Waals surface area contributed by atoms with Crippen molar-refractivity contribution in [1.29, 1.82) is 5.26 Å². The number of pyridine rings is 2. The Morgan fingerprint density at radius 3 is 2.65 bits per heavy atom. The van der Waals surface area contributed by atoms with Gasteiger partial charge in [0.15, 0.2) is 0 Å². The van der Waals surface area contributed by atoms with Crippen LogP contribution in [0.1, 0.15) is 46.7 Å². The number of rotatable bonds is 7. The average molecular weight is 594 g/mol. The molecule has 1 aliphatic rings. The number of hydrogen-bond acceptors (Lipinski definition) is 7. The molecule has 10 heteroatoms. The van der Waals surface area contributed by atoms with Crippen LogP contribution in [0.15, 0.2) is 90.2 Å². The predicted molar refractivity (Wildman–Crippen MR) is 164 cm³/mol. The van der Waals surface area contributed by atoms with Gasteiger partial charge in [0.05, 0.1) is 30.1 Å². The van der Waals surface area contributed by atoms with Crippen molar-refractivity contribution in [1.82, 2.24) is 14.3 Å². The summed E-state index contributed by atoms with van der Waals surface area (Å²) in [4.78, 5) is 21.5. The maximum atomic E-state index is 13.8. The number of amides is 1. The highest BCUT2D eigenvalue weighted by Gasteiger charge is 2.35. The third-order valence-electron chi connectivity index (χ3n) is 7.35. The predicted octanol–water partition coefficient (Wildman–Crippen LogP) is 5.40. The lowest BCUT2D eigenvalue weighted by molar-refractivity contribution is -0.111. The molecule has 4 aromatic rings. The highest BCUT2D eigenvalue weighted by Crippen LogP contribution is 2.33. The Kier molecular flexibility index (Phi) is 8.66. The molecule has 1 aliphatic heterocycles. The molecule has 1 amide bonds. The minimum Gasteiger partial charge on any atom is -0.472 e. The number of carbonyl (C=O) groups is 1. The molecule has 0 fully saturated rings. The second-order valence-corrected chi connectivity index (χ2v) is 12.2. The Bertz CT molecular complexity index is 1850. The second-order valence-electron chi connectivity index (χ2n) is 10.3. The van der Waals surface area contributed by atoms with E-state index in [1.54, 1.807) is 42.7 Å². The van der Waals surface area contributed by atoms with E-state index in [-0.39, 0.29) is 35.9 Å². The molecule has 0 saturated carbocycles. The molecule has 1 atom stereocenters. The summed E-state index contributed by atoms with van der Waals surface area (Å²) >= 11 is 0. The van der Waals surface area contributed by atoms with Gasteiger partial charge in [-0.25, -0.2) is 13.4 Å². The Labute approximate surface area is 251 Å². The molecule has 0 radical (unpaired) electrons. The van der Waals surface area contributed by atoms with E-state index in [4.69, 9.17) is 4.74 Å². The number of benzene rings is 2. The van der Waals surface area contributed by atoms with Crippen molar-refractivity contribution in [2.24, 2.45) is 0 Å². The summed E-state index contributed by atoms with van der Waals surface area (Å²) < 4.78 is 35.0. The maximum Gasteiger partial charge on any atom is 0.249 e. The lowest BCUT2D eigenvalue weighted by atomic mass is 9.91. The summed E-state index contributed by atoms with van der Waals surface area (Å²) in [5.41, 5.74) is 5.71. The van der Waals surface area contributed by atoms with Crippen molar-refractivity contribution in [3.05, 3.63) is 119 Å². The summed E-state index contributed by atoms with van der Waals surface area (Å²) in [6.07, 6.45) is 6.47. The number of sulfonamides is 1. The number of aromatic nitrogens is 2. The van der Waals surface area contributed by atoms with Crippen LogP contribution in [0, 0.1) is 25.2 Å². The van der Waals surface area contributed by atoms with Crippen molar-refractivity contribution in [2.45, 2.75) is 44.7 Å². The molecule has 3 heterocycles. The minimum atomic E-state index is -3.90. The summed E-state index contributed by atoms with van der Waals surface area (Å²) in [7, 11) is -3.90. The fraction of sp³-hybridized carbons (Fsp3) is 0.212. The van der Waals surface area contributed by atoms with Gasteiger partial charge in [0, 0.05) is 25.0 Å². The van der Waals surface area contributed by atoms with Crippen molar-refractivity contribution in [3.8, 4) is 11.9 Å². The largest absolute Gasteiger partial charge is 0.472 e. The highest BCUT2D eigenvalue weighted by molar-refractivity contribution is 7.89. The number of nitrogens with zero attached hydrogens (tertiary/aromatic N) is 4. The van der Waals surface area contributed by atoms with E-state index >= 15 is 0 Å². The van der Waals surface area contributed by atoms with E-state index < -0.39 is 10.0 Å². The van der Waals surface area contributed by atoms with E-state index in [1.807, 2.05) is 45.0 Å². The maximum absolute atomic E-state index is 13.8. The molecule has 43 heavy (non-hydrogen) atoms. The van der Waals surface area contributed by atoms with Gasteiger partial charge in [0.2, 0.25) is 21.8 Å². The number of aryl methyl sites for hydroxylation is 2. The number of carbonyl (C=O) groups excluding carboxylic acids is 1. The highest BCUT2D eigenvalue weighted by atomic mass is 32.2. The second kappa shape index (κ2) is 12.6. The summed E-state index contributed by atoms with van der Waals surface area (Å²) in [5, 5.41) is 12.2. The number of ether oxygens (including phenoxy) is 1. The first kappa shape index (κ1) is 29.6. The molecule has 2 aromatic carbocycles. The van der Waals surface area contributed by atoms with E-state index in [0.717, 1.165) is 27.8 Å². The van der Waals surface area contributed by atoms with Crippen LogP contribution in [0.5, 0.6) is 5.88 Å². The standard InChI is InChI=1S/C33H31N5O4S/c1-4-28-21-38(43(40,41)31-8-6-14-36-33(31)42-28)20-26-16-25(11-9-22(26)2)30(29-12-10-24(18-34)15-23(29)3)17-32(39)37-27-7-5-13-35-19-27/h5-17,19,28H,4,20-21H2,1-3H3,(H,37,39)/t28-/m1/s1. The first-order valence-electron chi connectivity index (χ1n) is 13.8. The van der Waals surface area contributed by atoms with Crippen LogP contribution >= 0.6 is 0 Å². The fourth-order valence-electron chi connectivity index (χ4n) is 4.98. The van der Waals surface area contributed by atoms with E-state index in [0.29, 0.717) is 23.2 Å². The van der Waals surface area contributed by atoms with Crippen LogP contribution in [0.4, 0.5) is 5.69 Å². The van der Waals surface area contributed by atoms with Crippen LogP contribution in [0.3, 0.4) is 0 Å². The molecule has 218 valence electrons. The first-order chi connectivity index (χ1) is 20.7. The molecular formula is C33H31N5O4S. The van der Waals surface area contributed by atoms with Crippen LogP contribution in [0.25, 0.3) is 5.57 Å². The van der Waals surface area contributed by atoms with Crippen LogP contribution in [-0.4, -0.2) is 41.2 Å². The molecular weight excluding hydrogens is 562 g/mol. The van der Waals surface area contributed by atoms with E-state index in [9.17, 15) is 18.5 Å². The quantitative estimate of drug-likeness (QED) is 0.285. The van der Waals surface area contributed by atoms with Crippen molar-refractivity contribution < 1.29 is 17.9 Å². The van der Waals surface area contributed by atoms with Gasteiger partial charge >= 0.3 is 0 Å². The molecule has 0 spiro atoms. The smallest absolute Gasteiger partial charge is 0.249 e. The lowest BCUT2D eigenvalue weighted by Crippen LogP contribution is -2.36. The van der Waals surface area contributed by atoms with Gasteiger partial charge in [-0.05, 0) is 96.1 Å². The van der Waals surface area contributed by atoms with Gasteiger partial charge in [0.1, 0.15) is 11.0 Å². The summed E-state index contributed by atoms with van der Waals surface area (Å²) in [6.45, 7) is 6.04. The Morgan fingerprint density at radius 1 is 1.12 bits per heavy atom. The van der Waals surface area contributed by atoms with Crippen molar-refractivity contribution in [2.75, 3.05) is 11.9 Å². The number of anilines is 1. The fourth-order valence-corrected chi connectivity index (χ4v) is 6.50. The number of nitrogens with one attached hydrogen (secondary N) is 1. The zero-order valence-corrected chi connectivity index (χ0v) is 24.9. The summed E-state index contributed by atoms with van der Waals surface area (Å²) in [5.74, 6) is -0.237. The molecule has 2 aromatic heterocycles. The molecule has 0 saturated heterocycles. The Balaban J connectivity index is 1.56. The molecule has 0 bridgehead atoms. The van der Waals surface area contributed by atoms with Crippen LogP contribution in [0.2, 0.25) is 0 Å². The van der Waals surface area contributed by atoms with Crippen molar-refractivity contribution >= 4 is 27.2 Å². The normalized spacial score (nSPS) is 16.3. The SMILES string of the molecule is CC[C@@H]1CN(Cc2cc(C(=CC(=O)Nc3cccnc3)c3ccc(C#N)cc3C)ccc2C)S(=O)(=O)c2cccnc2O1. The monoisotopic (exact) mass is 593 g/mol. The van der Waals surface area contributed by atoms with Gasteiger partial charge in [-0.3, -0.25) is 9.78 Å². The van der Waals surface area contributed by atoms with Gasteiger partial charge < -0.3 is 10.1 Å². The van der Waals surface area contributed by atoms with Crippen molar-refractivity contribution in [3.63, 3.8) is 0 Å². The van der Waals surface area contributed by atoms with Gasteiger partial charge in [-0.1, -0.05) is 25.1 Å². The topological polar surface area (TPSA) is 125 Å². The average Bonchev–Trinajstić information content (AvgIpc) is 3.11. The number of hydrogen-bond donors (Lipinski definition) is 1. The first-order valence-corrected chi connectivity index (χ1v) is 15.3. The van der Waals surface area contributed by atoms with Gasteiger partial charge in [-0.15, -0.1) is 0 Å². The number of nitriles is 1. The Morgan fingerprint density at radius 2 is 1.93 bits per heavy atom. The van der Waals surface area contributed by atoms with Crippen LogP contribution in [-0.2, 0) is 21.4 Å². The molecule has 1 N–H and O–H groups in total. The van der Waals surface area contributed by atoms with Gasteiger partial charge in [-0.2, -0.15) is 9.57 Å². The zero-order valence-electron chi connectivity index (χ0n) is 24.1. The lowest BCUT2D eigenvalue weighted by Gasteiger charge is -2.23. The van der Waals surface area contributed by atoms with E-state index in [1.165, 1.54) is 22.6 Å². The Hall–Kier alpha value is -4.85. The number of fused-ring (bicyclic) bond motifs is 1. The van der Waals surface area contributed by atoms with Crippen LogP contribution < -0.4 is 10.1 Å². The third kappa shape index (κ3) is 6.48. The van der Waals surface area contributed by atoms with Gasteiger partial charge in [0.25, 0.3) is 0 Å². The third-order valence-corrected chi connectivity index (χ3v) is 9.18. The minimum absolute atomic E-state index is 0.0422. The zero-order chi connectivity index (χ0) is 30.6. The molecule has 9 nitrogen and oxygen atoms in total. The molecule has 5 rings (SSSR count).